The van der Waals surface area contributed by atoms with Gasteiger partial charge in [0.05, 0.1) is 16.4 Å². The minimum absolute atomic E-state index is 0.0255. The largest absolute Gasteiger partial charge is 0.365 e. The highest BCUT2D eigenvalue weighted by Crippen LogP contribution is 2.30. The van der Waals surface area contributed by atoms with Gasteiger partial charge in [-0.05, 0) is 18.1 Å². The summed E-state index contributed by atoms with van der Waals surface area (Å²) in [6.07, 6.45) is 0.483. The number of nitro benzene ring substituents is 1. The predicted octanol–water partition coefficient (Wildman–Crippen LogP) is 1.96. The van der Waals surface area contributed by atoms with Crippen LogP contribution < -0.4 is 4.90 Å². The van der Waals surface area contributed by atoms with E-state index in [1.807, 2.05) is 0 Å². The van der Waals surface area contributed by atoms with E-state index in [1.165, 1.54) is 6.07 Å². The van der Waals surface area contributed by atoms with Crippen LogP contribution in [0.25, 0.3) is 0 Å². The van der Waals surface area contributed by atoms with Crippen LogP contribution in [0.15, 0.2) is 18.2 Å². The maximum absolute atomic E-state index is 11.6. The minimum atomic E-state index is -3.04. The van der Waals surface area contributed by atoms with Gasteiger partial charge < -0.3 is 4.90 Å². The highest BCUT2D eigenvalue weighted by atomic mass is 35.5. The number of alkyl halides is 1. The number of hydrogen-bond donors (Lipinski definition) is 0. The number of anilines is 1. The second-order valence-electron chi connectivity index (χ2n) is 4.71. The predicted molar refractivity (Wildman–Crippen MR) is 78.1 cm³/mol. The topological polar surface area (TPSA) is 80.5 Å². The molecule has 1 fully saturated rings. The molecule has 20 heavy (non-hydrogen) atoms. The Morgan fingerprint density at radius 2 is 2.05 bits per heavy atom. The maximum atomic E-state index is 11.6. The van der Waals surface area contributed by atoms with Gasteiger partial charge in [-0.1, -0.05) is 6.07 Å². The highest BCUT2D eigenvalue weighted by molar-refractivity contribution is 7.91. The van der Waals surface area contributed by atoms with Gasteiger partial charge in [0.1, 0.15) is 5.69 Å². The lowest BCUT2D eigenvalue weighted by Gasteiger charge is -2.22. The monoisotopic (exact) mass is 318 g/mol. The molecule has 0 radical (unpaired) electrons. The molecular formula is C12H15ClN2O4S. The normalized spacial score (nSPS) is 18.6. The standard InChI is InChI=1S/C12H15ClN2O4S/c13-9-10-2-3-11(12(8-10)15(16)17)14-4-1-6-20(18,19)7-5-14/h2-3,8H,1,4-7,9H2. The number of nitrogens with zero attached hydrogens (tertiary/aromatic N) is 2. The fraction of sp³-hybridized carbons (Fsp3) is 0.500. The van der Waals surface area contributed by atoms with Gasteiger partial charge in [-0.2, -0.15) is 0 Å². The molecule has 1 aromatic carbocycles. The second-order valence-corrected chi connectivity index (χ2v) is 7.28. The summed E-state index contributed by atoms with van der Waals surface area (Å²) in [5.74, 6) is 0.369. The molecular weight excluding hydrogens is 304 g/mol. The molecule has 0 atom stereocenters. The summed E-state index contributed by atoms with van der Waals surface area (Å²) in [4.78, 5) is 12.5. The SMILES string of the molecule is O=[N+]([O-])c1cc(CCl)ccc1N1CCCS(=O)(=O)CC1. The van der Waals surface area contributed by atoms with Gasteiger partial charge in [0.15, 0.2) is 9.84 Å². The highest BCUT2D eigenvalue weighted by Gasteiger charge is 2.24. The zero-order valence-electron chi connectivity index (χ0n) is 10.8. The number of hydrogen-bond acceptors (Lipinski definition) is 5. The summed E-state index contributed by atoms with van der Waals surface area (Å²) in [5.41, 5.74) is 1.10. The summed E-state index contributed by atoms with van der Waals surface area (Å²) in [7, 11) is -3.04. The lowest BCUT2D eigenvalue weighted by Crippen LogP contribution is -2.27. The molecule has 0 unspecified atom stereocenters. The zero-order chi connectivity index (χ0) is 14.8. The van der Waals surface area contributed by atoms with Crippen molar-refractivity contribution in [3.05, 3.63) is 33.9 Å². The quantitative estimate of drug-likeness (QED) is 0.483. The average Bonchev–Trinajstić information content (AvgIpc) is 2.59. The first-order valence-electron chi connectivity index (χ1n) is 6.21. The Morgan fingerprint density at radius 1 is 1.30 bits per heavy atom. The minimum Gasteiger partial charge on any atom is -0.365 e. The molecule has 0 aliphatic carbocycles. The third-order valence-corrected chi connectivity index (χ3v) is 5.31. The number of rotatable bonds is 3. The first-order chi connectivity index (χ1) is 9.43. The van der Waals surface area contributed by atoms with Crippen LogP contribution in [0.5, 0.6) is 0 Å². The van der Waals surface area contributed by atoms with E-state index in [4.69, 9.17) is 11.6 Å². The molecule has 1 aliphatic rings. The molecule has 1 heterocycles. The first-order valence-corrected chi connectivity index (χ1v) is 8.57. The van der Waals surface area contributed by atoms with E-state index in [-0.39, 0.29) is 29.6 Å². The average molecular weight is 319 g/mol. The molecule has 6 nitrogen and oxygen atoms in total. The molecule has 0 N–H and O–H groups in total. The first kappa shape index (κ1) is 15.1. The molecule has 110 valence electrons. The molecule has 1 aliphatic heterocycles. The van der Waals surface area contributed by atoms with Gasteiger partial charge in [0.25, 0.3) is 5.69 Å². The summed E-state index contributed by atoms with van der Waals surface area (Å²) in [5, 5.41) is 11.2. The molecule has 0 amide bonds. The van der Waals surface area contributed by atoms with E-state index in [0.717, 1.165) is 0 Å². The molecule has 1 aromatic rings. The van der Waals surface area contributed by atoms with Crippen LogP contribution in [0.3, 0.4) is 0 Å². The van der Waals surface area contributed by atoms with Gasteiger partial charge in [-0.25, -0.2) is 8.42 Å². The summed E-state index contributed by atoms with van der Waals surface area (Å²) in [6.45, 7) is 0.781. The van der Waals surface area contributed by atoms with Crippen molar-refractivity contribution in [3.8, 4) is 0 Å². The van der Waals surface area contributed by atoms with E-state index in [9.17, 15) is 18.5 Å². The number of benzene rings is 1. The summed E-state index contributed by atoms with van der Waals surface area (Å²) >= 11 is 5.69. The van der Waals surface area contributed by atoms with Gasteiger partial charge in [0, 0.05) is 25.0 Å². The number of halogens is 1. The Hall–Kier alpha value is -1.34. The fourth-order valence-electron chi connectivity index (χ4n) is 2.25. The van der Waals surface area contributed by atoms with E-state index in [2.05, 4.69) is 0 Å². The van der Waals surface area contributed by atoms with E-state index < -0.39 is 14.8 Å². The van der Waals surface area contributed by atoms with Gasteiger partial charge in [-0.15, -0.1) is 11.6 Å². The summed E-state index contributed by atoms with van der Waals surface area (Å²) in [6, 6.07) is 4.82. The van der Waals surface area contributed by atoms with Crippen molar-refractivity contribution in [2.24, 2.45) is 0 Å². The Balaban J connectivity index is 2.34. The number of sulfone groups is 1. The summed E-state index contributed by atoms with van der Waals surface area (Å²) < 4.78 is 23.2. The molecule has 0 spiro atoms. The van der Waals surface area contributed by atoms with Crippen molar-refractivity contribution in [2.75, 3.05) is 29.5 Å². The van der Waals surface area contributed by atoms with Crippen LogP contribution >= 0.6 is 11.6 Å². The smallest absolute Gasteiger partial charge is 0.292 e. The maximum Gasteiger partial charge on any atom is 0.292 e. The third-order valence-electron chi connectivity index (χ3n) is 3.29. The van der Waals surface area contributed by atoms with Crippen molar-refractivity contribution in [3.63, 3.8) is 0 Å². The molecule has 0 bridgehead atoms. The second kappa shape index (κ2) is 5.97. The van der Waals surface area contributed by atoms with Gasteiger partial charge in [-0.3, -0.25) is 10.1 Å². The lowest BCUT2D eigenvalue weighted by molar-refractivity contribution is -0.384. The van der Waals surface area contributed by atoms with E-state index >= 15 is 0 Å². The van der Waals surface area contributed by atoms with Crippen molar-refractivity contribution >= 4 is 32.8 Å². The van der Waals surface area contributed by atoms with E-state index in [1.54, 1.807) is 17.0 Å². The van der Waals surface area contributed by atoms with Crippen LogP contribution in [-0.2, 0) is 15.7 Å². The molecule has 0 saturated carbocycles. The number of nitro groups is 1. The van der Waals surface area contributed by atoms with Crippen molar-refractivity contribution in [2.45, 2.75) is 12.3 Å². The Kier molecular flexibility index (Phi) is 4.49. The van der Waals surface area contributed by atoms with E-state index in [0.29, 0.717) is 24.2 Å². The van der Waals surface area contributed by atoms with Crippen LogP contribution in [0.1, 0.15) is 12.0 Å². The van der Waals surface area contributed by atoms with Crippen LogP contribution in [0.4, 0.5) is 11.4 Å². The Bertz CT molecular complexity index is 618. The van der Waals surface area contributed by atoms with Crippen molar-refractivity contribution < 1.29 is 13.3 Å². The Morgan fingerprint density at radius 3 is 2.70 bits per heavy atom. The fourth-order valence-corrected chi connectivity index (χ4v) is 3.68. The lowest BCUT2D eigenvalue weighted by atomic mass is 10.1. The third kappa shape index (κ3) is 3.40. The molecule has 1 saturated heterocycles. The zero-order valence-corrected chi connectivity index (χ0v) is 12.4. The van der Waals surface area contributed by atoms with Gasteiger partial charge >= 0.3 is 0 Å². The van der Waals surface area contributed by atoms with Crippen molar-refractivity contribution in [1.82, 2.24) is 0 Å². The Labute approximate surface area is 122 Å². The van der Waals surface area contributed by atoms with Gasteiger partial charge in [0.2, 0.25) is 0 Å². The van der Waals surface area contributed by atoms with Crippen LogP contribution in [0.2, 0.25) is 0 Å². The van der Waals surface area contributed by atoms with Crippen molar-refractivity contribution in [1.29, 1.82) is 0 Å². The van der Waals surface area contributed by atoms with Crippen LogP contribution in [0, 0.1) is 10.1 Å². The molecule has 0 aromatic heterocycles. The molecule has 2 rings (SSSR count). The molecule has 8 heteroatoms. The van der Waals surface area contributed by atoms with Crippen LogP contribution in [-0.4, -0.2) is 37.9 Å².